The van der Waals surface area contributed by atoms with Crippen LogP contribution in [0.2, 0.25) is 0 Å². The molecule has 1 aliphatic carbocycles. The molecule has 3 fully saturated rings. The van der Waals surface area contributed by atoms with Crippen molar-refractivity contribution in [2.75, 3.05) is 65.5 Å². The summed E-state index contributed by atoms with van der Waals surface area (Å²) in [5.74, 6) is -0.508. The predicted octanol–water partition coefficient (Wildman–Crippen LogP) is 6.50. The third kappa shape index (κ3) is 6.47. The van der Waals surface area contributed by atoms with Crippen molar-refractivity contribution >= 4 is 38.4 Å². The monoisotopic (exact) mass is 763 g/mol. The zero-order valence-electron chi connectivity index (χ0n) is 31.1. The fraction of sp³-hybridized carbons (Fsp3) is 0.475. The molecule has 290 valence electrons. The average Bonchev–Trinajstić information content (AvgIpc) is 3.62. The highest BCUT2D eigenvalue weighted by Crippen LogP contribution is 2.60. The third-order valence-electron chi connectivity index (χ3n) is 11.4. The number of anilines is 1. The Balaban J connectivity index is 1.34. The maximum absolute atomic E-state index is 17.7. The minimum Gasteiger partial charge on any atom is -0.508 e. The Morgan fingerprint density at radius 3 is 2.47 bits per heavy atom. The predicted molar refractivity (Wildman–Crippen MR) is 199 cm³/mol. The number of nitrogens with zero attached hydrogens (tertiary/aromatic N) is 7. The van der Waals surface area contributed by atoms with E-state index in [4.69, 9.17) is 20.9 Å². The molecular weight excluding hydrogens is 721 g/mol. The van der Waals surface area contributed by atoms with Gasteiger partial charge in [0.1, 0.15) is 28.4 Å². The van der Waals surface area contributed by atoms with Crippen LogP contribution in [-0.4, -0.2) is 114 Å². The molecular formula is C40H42F5N7O3. The van der Waals surface area contributed by atoms with Crippen molar-refractivity contribution in [2.24, 2.45) is 18.4 Å². The molecule has 0 spiro atoms. The van der Waals surface area contributed by atoms with E-state index in [9.17, 15) is 18.3 Å². The Hall–Kier alpha value is -4.78. The number of methoxy groups -OCH3 is 1. The number of piperazine rings is 1. The molecule has 0 unspecified atom stereocenters. The largest absolute Gasteiger partial charge is 0.508 e. The number of phenolic OH excluding ortho intramolecular Hbond substituents is 1. The Labute approximate surface area is 314 Å². The van der Waals surface area contributed by atoms with Gasteiger partial charge in [-0.1, -0.05) is 12.0 Å². The molecule has 2 aromatic heterocycles. The van der Waals surface area contributed by atoms with Crippen LogP contribution in [0.1, 0.15) is 31.2 Å². The summed E-state index contributed by atoms with van der Waals surface area (Å²) in [5, 5.41) is 17.0. The van der Waals surface area contributed by atoms with Crippen LogP contribution in [0.5, 0.6) is 11.8 Å². The van der Waals surface area contributed by atoms with E-state index in [1.165, 1.54) is 28.9 Å². The lowest BCUT2D eigenvalue weighted by Gasteiger charge is -2.42. The standard InChI is InChI=1S/C40H42F5N7O3/c1-6-26-29(41)11-8-22-14-25(53)15-27(31(22)26)32-34(42)36-33(28-19-50(4)48-35(28)32)37(52-23-9-10-24(52)18-51(17-23)12-7-13-54-5)47-38(46-36)55-21-39(20-49(2)3)16-30(39)40(43,44)45/h1,8,11,14-15,19,23-24,30,53H,7,9-10,12-13,16-18,20-21H2,2-5H3/t23-,24+,30-,39+/m1/s1. The SMILES string of the molecule is C#Cc1c(F)ccc2cc(O)cc(-c3c(F)c4nc(OC[C@@]5(CN(C)C)C[C@H]5C(F)(F)F)nc(N5[C@@H]6CC[C@H]5CN(CCCOC)C6)c4c4cn(C)nc34)c12. The normalized spacial score (nSPS) is 22.7. The smallest absolute Gasteiger partial charge is 0.392 e. The lowest BCUT2D eigenvalue weighted by Crippen LogP contribution is -2.54. The molecule has 2 saturated heterocycles. The second-order valence-corrected chi connectivity index (χ2v) is 15.6. The summed E-state index contributed by atoms with van der Waals surface area (Å²) in [5.41, 5.74) is -1.23. The minimum atomic E-state index is -4.41. The van der Waals surface area contributed by atoms with Crippen molar-refractivity contribution in [1.82, 2.24) is 29.5 Å². The summed E-state index contributed by atoms with van der Waals surface area (Å²) >= 11 is 0. The van der Waals surface area contributed by atoms with Crippen LogP contribution in [0, 0.1) is 35.3 Å². The average molecular weight is 764 g/mol. The summed E-state index contributed by atoms with van der Waals surface area (Å²) in [4.78, 5) is 15.8. The Morgan fingerprint density at radius 2 is 1.82 bits per heavy atom. The van der Waals surface area contributed by atoms with E-state index >= 15 is 8.78 Å². The van der Waals surface area contributed by atoms with Gasteiger partial charge >= 0.3 is 12.2 Å². The fourth-order valence-corrected chi connectivity index (χ4v) is 9.15. The van der Waals surface area contributed by atoms with Gasteiger partial charge < -0.3 is 24.4 Å². The Kier molecular flexibility index (Phi) is 9.29. The minimum absolute atomic E-state index is 0.0102. The summed E-state index contributed by atoms with van der Waals surface area (Å²) in [6.45, 7) is 2.75. The van der Waals surface area contributed by atoms with Gasteiger partial charge in [-0.25, -0.2) is 8.78 Å². The highest BCUT2D eigenvalue weighted by molar-refractivity contribution is 6.18. The van der Waals surface area contributed by atoms with Gasteiger partial charge in [-0.05, 0) is 68.9 Å². The number of aryl methyl sites for hydroxylation is 1. The number of terminal acetylenes is 1. The lowest BCUT2D eigenvalue weighted by atomic mass is 9.91. The summed E-state index contributed by atoms with van der Waals surface area (Å²) in [7, 11) is 6.79. The van der Waals surface area contributed by atoms with Crippen LogP contribution in [0.4, 0.5) is 27.8 Å². The molecule has 3 aromatic carbocycles. The van der Waals surface area contributed by atoms with Gasteiger partial charge in [-0.2, -0.15) is 28.2 Å². The van der Waals surface area contributed by atoms with Crippen LogP contribution in [0.15, 0.2) is 30.5 Å². The molecule has 2 bridgehead atoms. The zero-order chi connectivity index (χ0) is 39.0. The second kappa shape index (κ2) is 13.8. The van der Waals surface area contributed by atoms with Gasteiger partial charge in [0.2, 0.25) is 0 Å². The molecule has 4 atom stereocenters. The number of ether oxygens (including phenoxy) is 2. The highest BCUT2D eigenvalue weighted by atomic mass is 19.4. The van der Waals surface area contributed by atoms with Crippen molar-refractivity contribution in [2.45, 2.75) is 43.9 Å². The van der Waals surface area contributed by atoms with Crippen LogP contribution >= 0.6 is 0 Å². The molecule has 15 heteroatoms. The third-order valence-corrected chi connectivity index (χ3v) is 11.4. The van der Waals surface area contributed by atoms with Crippen LogP contribution in [0.3, 0.4) is 0 Å². The first-order valence-corrected chi connectivity index (χ1v) is 18.4. The number of alkyl halides is 3. The molecule has 4 heterocycles. The highest BCUT2D eigenvalue weighted by Gasteiger charge is 2.67. The van der Waals surface area contributed by atoms with Crippen LogP contribution in [0.25, 0.3) is 43.7 Å². The number of hydrogen-bond acceptors (Lipinski definition) is 9. The molecule has 5 aromatic rings. The molecule has 0 radical (unpaired) electrons. The molecule has 2 aliphatic heterocycles. The summed E-state index contributed by atoms with van der Waals surface area (Å²) in [6, 6.07) is 5.15. The number of phenols is 1. The molecule has 10 nitrogen and oxygen atoms in total. The van der Waals surface area contributed by atoms with E-state index in [0.717, 1.165) is 38.9 Å². The van der Waals surface area contributed by atoms with E-state index < -0.39 is 29.1 Å². The number of halogens is 5. The van der Waals surface area contributed by atoms with E-state index in [1.54, 1.807) is 39.3 Å². The van der Waals surface area contributed by atoms with Crippen LogP contribution < -0.4 is 9.64 Å². The molecule has 0 amide bonds. The van der Waals surface area contributed by atoms with Gasteiger partial charge in [0.25, 0.3) is 0 Å². The Bertz CT molecular complexity index is 2340. The van der Waals surface area contributed by atoms with Gasteiger partial charge in [0, 0.05) is 87.0 Å². The summed E-state index contributed by atoms with van der Waals surface area (Å²) < 4.78 is 88.0. The molecule has 55 heavy (non-hydrogen) atoms. The number of fused-ring (bicyclic) bond motifs is 6. The van der Waals surface area contributed by atoms with E-state index in [0.29, 0.717) is 28.6 Å². The number of likely N-dealkylation sites (tertiary alicyclic amines) is 1. The van der Waals surface area contributed by atoms with Crippen molar-refractivity contribution < 1.29 is 36.5 Å². The first-order valence-electron chi connectivity index (χ1n) is 18.4. The number of rotatable bonds is 11. The van der Waals surface area contributed by atoms with Gasteiger partial charge in [-0.3, -0.25) is 9.58 Å². The number of aromatic nitrogens is 4. The first-order chi connectivity index (χ1) is 26.2. The van der Waals surface area contributed by atoms with Crippen molar-refractivity contribution in [3.63, 3.8) is 0 Å². The molecule has 1 saturated carbocycles. The second-order valence-electron chi connectivity index (χ2n) is 15.6. The van der Waals surface area contributed by atoms with Gasteiger partial charge in [0.05, 0.1) is 23.5 Å². The van der Waals surface area contributed by atoms with Gasteiger partial charge in [0.15, 0.2) is 5.82 Å². The topological polar surface area (TPSA) is 92.0 Å². The fourth-order valence-electron chi connectivity index (χ4n) is 9.15. The maximum atomic E-state index is 17.7. The quantitative estimate of drug-likeness (QED) is 0.0921. The van der Waals surface area contributed by atoms with Crippen molar-refractivity contribution in [1.29, 1.82) is 0 Å². The number of benzene rings is 3. The number of hydrogen-bond donors (Lipinski definition) is 1. The van der Waals surface area contributed by atoms with Gasteiger partial charge in [-0.15, -0.1) is 6.42 Å². The first kappa shape index (κ1) is 37.2. The molecule has 8 rings (SSSR count). The Morgan fingerprint density at radius 1 is 1.07 bits per heavy atom. The van der Waals surface area contributed by atoms with E-state index in [-0.39, 0.29) is 76.5 Å². The zero-order valence-corrected chi connectivity index (χ0v) is 31.1. The maximum Gasteiger partial charge on any atom is 0.392 e. The van der Waals surface area contributed by atoms with E-state index in [1.807, 2.05) is 0 Å². The van der Waals surface area contributed by atoms with Crippen molar-refractivity contribution in [3.8, 4) is 35.2 Å². The molecule has 1 N–H and O–H groups in total. The molecule has 3 aliphatic rings. The lowest BCUT2D eigenvalue weighted by molar-refractivity contribution is -0.158. The van der Waals surface area contributed by atoms with Crippen molar-refractivity contribution in [3.05, 3.63) is 47.7 Å². The number of aromatic hydroxyl groups is 1. The summed E-state index contributed by atoms with van der Waals surface area (Å²) in [6.07, 6.45) is 5.59. The van der Waals surface area contributed by atoms with Crippen LogP contribution in [-0.2, 0) is 11.8 Å². The van der Waals surface area contributed by atoms with E-state index in [2.05, 4.69) is 25.8 Å².